The second-order valence-corrected chi connectivity index (χ2v) is 5.70. The molecule has 0 unspecified atom stereocenters. The molecule has 1 fully saturated rings. The molecule has 2 rings (SSSR count). The van der Waals surface area contributed by atoms with Gasteiger partial charge in [-0.15, -0.1) is 11.6 Å². The minimum absolute atomic E-state index is 0.193. The van der Waals surface area contributed by atoms with Crippen LogP contribution >= 0.6 is 11.6 Å². The predicted molar refractivity (Wildman–Crippen MR) is 69.0 cm³/mol. The molecule has 0 aromatic carbocycles. The lowest BCUT2D eigenvalue weighted by Crippen LogP contribution is -2.41. The molecule has 2 heterocycles. The maximum atomic E-state index is 14.1. The number of hydrogen-bond donors (Lipinski definition) is 0. The van der Waals surface area contributed by atoms with Crippen molar-refractivity contribution in [1.82, 2.24) is 4.98 Å². The van der Waals surface area contributed by atoms with Gasteiger partial charge < -0.3 is 4.90 Å². The van der Waals surface area contributed by atoms with Crippen molar-refractivity contribution in [3.63, 3.8) is 0 Å². The predicted octanol–water partition coefficient (Wildman–Crippen LogP) is 3.59. The van der Waals surface area contributed by atoms with E-state index in [1.807, 2.05) is 4.90 Å². The minimum atomic E-state index is -0.264. The van der Waals surface area contributed by atoms with Gasteiger partial charge in [0.05, 0.1) is 5.88 Å². The number of anilines is 1. The van der Waals surface area contributed by atoms with Gasteiger partial charge in [-0.1, -0.05) is 13.8 Å². The van der Waals surface area contributed by atoms with Crippen molar-refractivity contribution in [1.29, 1.82) is 0 Å². The molecule has 0 spiro atoms. The zero-order chi connectivity index (χ0) is 12.5. The van der Waals surface area contributed by atoms with Gasteiger partial charge in [0, 0.05) is 24.8 Å². The Kier molecular flexibility index (Phi) is 3.57. The Hall–Kier alpha value is -0.830. The van der Waals surface area contributed by atoms with E-state index in [1.165, 1.54) is 6.42 Å². The number of piperidine rings is 1. The van der Waals surface area contributed by atoms with E-state index in [9.17, 15) is 4.39 Å². The summed E-state index contributed by atoms with van der Waals surface area (Å²) in [7, 11) is 0. The van der Waals surface area contributed by atoms with Gasteiger partial charge in [0.2, 0.25) is 0 Å². The first kappa shape index (κ1) is 12.6. The molecule has 1 aromatic heterocycles. The molecule has 0 atom stereocenters. The number of pyridine rings is 1. The average molecular weight is 257 g/mol. The quantitative estimate of drug-likeness (QED) is 0.752. The van der Waals surface area contributed by atoms with Crippen molar-refractivity contribution >= 4 is 17.4 Å². The molecule has 17 heavy (non-hydrogen) atoms. The normalized spacial score (nSPS) is 19.4. The molecule has 1 aliphatic rings. The molecule has 0 radical (unpaired) electrons. The maximum absolute atomic E-state index is 14.1. The van der Waals surface area contributed by atoms with Crippen LogP contribution < -0.4 is 4.90 Å². The minimum Gasteiger partial charge on any atom is -0.354 e. The Morgan fingerprint density at radius 3 is 2.94 bits per heavy atom. The van der Waals surface area contributed by atoms with Gasteiger partial charge in [-0.05, 0) is 24.3 Å². The molecule has 0 amide bonds. The first-order chi connectivity index (χ1) is 8.03. The zero-order valence-electron chi connectivity index (χ0n) is 10.3. The summed E-state index contributed by atoms with van der Waals surface area (Å²) in [6, 6.07) is 1.64. The monoisotopic (exact) mass is 256 g/mol. The third-order valence-corrected chi connectivity index (χ3v) is 3.58. The summed E-state index contributed by atoms with van der Waals surface area (Å²) in [5.41, 5.74) is 0.753. The molecule has 4 heteroatoms. The molecule has 94 valence electrons. The van der Waals surface area contributed by atoms with E-state index in [1.54, 1.807) is 12.3 Å². The fourth-order valence-electron chi connectivity index (χ4n) is 2.40. The second kappa shape index (κ2) is 4.81. The van der Waals surface area contributed by atoms with Gasteiger partial charge in [0.15, 0.2) is 11.6 Å². The Labute approximate surface area is 107 Å². The van der Waals surface area contributed by atoms with E-state index in [0.717, 1.165) is 19.5 Å². The van der Waals surface area contributed by atoms with E-state index >= 15 is 0 Å². The second-order valence-electron chi connectivity index (χ2n) is 5.43. The summed E-state index contributed by atoms with van der Waals surface area (Å²) in [5, 5.41) is 0. The van der Waals surface area contributed by atoms with Gasteiger partial charge in [-0.2, -0.15) is 0 Å². The summed E-state index contributed by atoms with van der Waals surface area (Å²) in [4.78, 5) is 6.20. The van der Waals surface area contributed by atoms with E-state index in [-0.39, 0.29) is 17.1 Å². The summed E-state index contributed by atoms with van der Waals surface area (Å²) in [6.45, 7) is 6.15. The van der Waals surface area contributed by atoms with Gasteiger partial charge in [0.25, 0.3) is 0 Å². The maximum Gasteiger partial charge on any atom is 0.170 e. The molecule has 1 aliphatic heterocycles. The molecule has 0 aliphatic carbocycles. The Balaban J connectivity index is 2.28. The van der Waals surface area contributed by atoms with Gasteiger partial charge in [-0.25, -0.2) is 9.37 Å². The highest BCUT2D eigenvalue weighted by Crippen LogP contribution is 2.32. The SMILES string of the molecule is CC1(C)CCCN(c2nccc(CCl)c2F)C1. The van der Waals surface area contributed by atoms with Gasteiger partial charge in [-0.3, -0.25) is 0 Å². The highest BCUT2D eigenvalue weighted by atomic mass is 35.5. The van der Waals surface area contributed by atoms with Crippen molar-refractivity contribution in [2.45, 2.75) is 32.6 Å². The molecule has 0 N–H and O–H groups in total. The smallest absolute Gasteiger partial charge is 0.170 e. The van der Waals surface area contributed by atoms with Crippen molar-refractivity contribution in [2.24, 2.45) is 5.41 Å². The fourth-order valence-corrected chi connectivity index (χ4v) is 2.61. The van der Waals surface area contributed by atoms with E-state index in [4.69, 9.17) is 11.6 Å². The van der Waals surface area contributed by atoms with Crippen LogP contribution in [0.15, 0.2) is 12.3 Å². The zero-order valence-corrected chi connectivity index (χ0v) is 11.1. The highest BCUT2D eigenvalue weighted by Gasteiger charge is 2.28. The molecule has 1 saturated heterocycles. The van der Waals surface area contributed by atoms with Crippen LogP contribution in [0.4, 0.5) is 10.2 Å². The van der Waals surface area contributed by atoms with Crippen LogP contribution in [0, 0.1) is 11.2 Å². The Morgan fingerprint density at radius 2 is 2.29 bits per heavy atom. The largest absolute Gasteiger partial charge is 0.354 e. The first-order valence-electron chi connectivity index (χ1n) is 5.98. The van der Waals surface area contributed by atoms with E-state index < -0.39 is 0 Å². The Morgan fingerprint density at radius 1 is 1.53 bits per heavy atom. The number of halogens is 2. The molecule has 1 aromatic rings. The first-order valence-corrected chi connectivity index (χ1v) is 6.51. The molecular weight excluding hydrogens is 239 g/mol. The topological polar surface area (TPSA) is 16.1 Å². The van der Waals surface area contributed by atoms with Gasteiger partial charge >= 0.3 is 0 Å². The highest BCUT2D eigenvalue weighted by molar-refractivity contribution is 6.17. The Bertz CT molecular complexity index is 406. The van der Waals surface area contributed by atoms with Crippen LogP contribution in [0.2, 0.25) is 0 Å². The van der Waals surface area contributed by atoms with E-state index in [0.29, 0.717) is 11.4 Å². The lowest BCUT2D eigenvalue weighted by molar-refractivity contribution is 0.290. The molecule has 0 bridgehead atoms. The van der Waals surface area contributed by atoms with Crippen LogP contribution in [0.1, 0.15) is 32.3 Å². The number of aromatic nitrogens is 1. The van der Waals surface area contributed by atoms with Crippen molar-refractivity contribution in [3.8, 4) is 0 Å². The summed E-state index contributed by atoms with van der Waals surface area (Å²) < 4.78 is 14.1. The van der Waals surface area contributed by atoms with Crippen LogP contribution in [-0.2, 0) is 5.88 Å². The third-order valence-electron chi connectivity index (χ3n) is 3.29. The summed E-state index contributed by atoms with van der Waals surface area (Å²) in [5.74, 6) is 0.384. The lowest BCUT2D eigenvalue weighted by Gasteiger charge is -2.38. The number of alkyl halides is 1. The van der Waals surface area contributed by atoms with Crippen LogP contribution in [0.3, 0.4) is 0 Å². The van der Waals surface area contributed by atoms with Gasteiger partial charge in [0.1, 0.15) is 0 Å². The average Bonchev–Trinajstić information content (AvgIpc) is 2.28. The summed E-state index contributed by atoms with van der Waals surface area (Å²) in [6.07, 6.45) is 3.90. The van der Waals surface area contributed by atoms with Crippen LogP contribution in [0.25, 0.3) is 0 Å². The molecular formula is C13H18ClFN2. The fraction of sp³-hybridized carbons (Fsp3) is 0.615. The van der Waals surface area contributed by atoms with Crippen molar-refractivity contribution in [2.75, 3.05) is 18.0 Å². The van der Waals surface area contributed by atoms with Crippen LogP contribution in [-0.4, -0.2) is 18.1 Å². The standard InChI is InChI=1S/C13H18ClFN2/c1-13(2)5-3-7-17(9-13)12-11(15)10(8-14)4-6-16-12/h4,6H,3,5,7-9H2,1-2H3. The van der Waals surface area contributed by atoms with E-state index in [2.05, 4.69) is 18.8 Å². The molecule has 0 saturated carbocycles. The third kappa shape index (κ3) is 2.71. The van der Waals surface area contributed by atoms with Crippen molar-refractivity contribution in [3.05, 3.63) is 23.6 Å². The van der Waals surface area contributed by atoms with Crippen LogP contribution in [0.5, 0.6) is 0 Å². The number of hydrogen-bond acceptors (Lipinski definition) is 2. The number of rotatable bonds is 2. The van der Waals surface area contributed by atoms with Crippen molar-refractivity contribution < 1.29 is 4.39 Å². The summed E-state index contributed by atoms with van der Waals surface area (Å²) >= 11 is 5.71. The number of nitrogens with zero attached hydrogens (tertiary/aromatic N) is 2. The molecule has 2 nitrogen and oxygen atoms in total. The lowest BCUT2D eigenvalue weighted by atomic mass is 9.84.